The SMILES string of the molecule is CCCCCCC1c2ccccc2CCN1C(=O)c1cc(-c2ccccc2)nc2ccncc12. The zero-order valence-corrected chi connectivity index (χ0v) is 19.8. The molecule has 1 aliphatic rings. The van der Waals surface area contributed by atoms with E-state index in [1.54, 1.807) is 12.4 Å². The molecule has 0 saturated heterocycles. The summed E-state index contributed by atoms with van der Waals surface area (Å²) in [6.45, 7) is 2.97. The average Bonchev–Trinajstić information content (AvgIpc) is 2.90. The van der Waals surface area contributed by atoms with Crippen LogP contribution >= 0.6 is 0 Å². The van der Waals surface area contributed by atoms with E-state index in [9.17, 15) is 4.79 Å². The van der Waals surface area contributed by atoms with Gasteiger partial charge in [0.1, 0.15) is 0 Å². The monoisotopic (exact) mass is 449 g/mol. The van der Waals surface area contributed by atoms with Crippen LogP contribution in [0.1, 0.15) is 66.6 Å². The van der Waals surface area contributed by atoms with E-state index in [1.807, 2.05) is 42.5 Å². The molecule has 0 saturated carbocycles. The summed E-state index contributed by atoms with van der Waals surface area (Å²) in [5.74, 6) is 0.0765. The Morgan fingerprint density at radius 2 is 1.82 bits per heavy atom. The summed E-state index contributed by atoms with van der Waals surface area (Å²) in [6, 6.07) is 22.7. The second-order valence-corrected chi connectivity index (χ2v) is 9.13. The third-order valence-corrected chi connectivity index (χ3v) is 6.91. The molecule has 1 atom stereocenters. The number of rotatable bonds is 7. The largest absolute Gasteiger partial charge is 0.331 e. The first-order valence-corrected chi connectivity index (χ1v) is 12.4. The number of unbranched alkanes of at least 4 members (excludes halogenated alkanes) is 3. The van der Waals surface area contributed by atoms with Crippen LogP contribution in [-0.2, 0) is 6.42 Å². The molecule has 172 valence electrons. The van der Waals surface area contributed by atoms with Crippen LogP contribution in [0, 0.1) is 0 Å². The second-order valence-electron chi connectivity index (χ2n) is 9.13. The van der Waals surface area contributed by atoms with Gasteiger partial charge in [0, 0.05) is 29.9 Å². The van der Waals surface area contributed by atoms with Gasteiger partial charge < -0.3 is 4.90 Å². The van der Waals surface area contributed by atoms with Gasteiger partial charge in [0.15, 0.2) is 0 Å². The van der Waals surface area contributed by atoms with E-state index in [-0.39, 0.29) is 11.9 Å². The van der Waals surface area contributed by atoms with Gasteiger partial charge in [0.05, 0.1) is 22.8 Å². The van der Waals surface area contributed by atoms with E-state index < -0.39 is 0 Å². The highest BCUT2D eigenvalue weighted by molar-refractivity contribution is 6.07. The van der Waals surface area contributed by atoms with Crippen molar-refractivity contribution in [3.05, 3.63) is 95.8 Å². The highest BCUT2D eigenvalue weighted by Gasteiger charge is 2.32. The third kappa shape index (κ3) is 4.45. The molecule has 0 bridgehead atoms. The van der Waals surface area contributed by atoms with Crippen molar-refractivity contribution in [1.82, 2.24) is 14.9 Å². The fourth-order valence-electron chi connectivity index (χ4n) is 5.13. The first kappa shape index (κ1) is 22.3. The molecular formula is C30H31N3O. The first-order chi connectivity index (χ1) is 16.8. The Labute approximate surface area is 201 Å². The van der Waals surface area contributed by atoms with Crippen LogP contribution in [0.25, 0.3) is 22.2 Å². The van der Waals surface area contributed by atoms with Crippen molar-refractivity contribution in [1.29, 1.82) is 0 Å². The molecule has 34 heavy (non-hydrogen) atoms. The van der Waals surface area contributed by atoms with Gasteiger partial charge in [-0.3, -0.25) is 9.78 Å². The number of pyridine rings is 2. The zero-order valence-electron chi connectivity index (χ0n) is 19.8. The summed E-state index contributed by atoms with van der Waals surface area (Å²) < 4.78 is 0. The van der Waals surface area contributed by atoms with E-state index in [0.717, 1.165) is 48.0 Å². The topological polar surface area (TPSA) is 46.1 Å². The molecule has 3 heterocycles. The Morgan fingerprint density at radius 1 is 1.00 bits per heavy atom. The van der Waals surface area contributed by atoms with Crippen molar-refractivity contribution >= 4 is 16.8 Å². The van der Waals surface area contributed by atoms with Gasteiger partial charge >= 0.3 is 0 Å². The minimum absolute atomic E-state index is 0.0765. The molecule has 1 aliphatic heterocycles. The summed E-state index contributed by atoms with van der Waals surface area (Å²) in [5, 5.41) is 0.816. The number of hydrogen-bond acceptors (Lipinski definition) is 3. The number of benzene rings is 2. The fraction of sp³-hybridized carbons (Fsp3) is 0.300. The molecule has 0 fully saturated rings. The molecule has 5 rings (SSSR count). The molecular weight excluding hydrogens is 418 g/mol. The van der Waals surface area contributed by atoms with Crippen molar-refractivity contribution in [2.75, 3.05) is 6.54 Å². The number of carbonyl (C=O) groups excluding carboxylic acids is 1. The Kier molecular flexibility index (Phi) is 6.66. The molecule has 1 amide bonds. The quantitative estimate of drug-likeness (QED) is 0.285. The van der Waals surface area contributed by atoms with Crippen LogP contribution in [0.15, 0.2) is 79.1 Å². The Hall–Kier alpha value is -3.53. The van der Waals surface area contributed by atoms with Crippen LogP contribution in [0.5, 0.6) is 0 Å². The molecule has 0 aliphatic carbocycles. The molecule has 1 unspecified atom stereocenters. The maximum atomic E-state index is 14.2. The average molecular weight is 450 g/mol. The van der Waals surface area contributed by atoms with Gasteiger partial charge in [-0.2, -0.15) is 0 Å². The number of amides is 1. The van der Waals surface area contributed by atoms with Crippen molar-refractivity contribution in [3.63, 3.8) is 0 Å². The maximum absolute atomic E-state index is 14.2. The predicted octanol–water partition coefficient (Wildman–Crippen LogP) is 7.01. The Balaban J connectivity index is 1.55. The summed E-state index contributed by atoms with van der Waals surface area (Å²) in [5.41, 5.74) is 6.00. The smallest absolute Gasteiger partial charge is 0.255 e. The van der Waals surface area contributed by atoms with Gasteiger partial charge in [0.2, 0.25) is 0 Å². The van der Waals surface area contributed by atoms with Crippen LogP contribution < -0.4 is 0 Å². The van der Waals surface area contributed by atoms with Crippen molar-refractivity contribution in [3.8, 4) is 11.3 Å². The molecule has 4 heteroatoms. The molecule has 0 N–H and O–H groups in total. The minimum Gasteiger partial charge on any atom is -0.331 e. The lowest BCUT2D eigenvalue weighted by atomic mass is 9.88. The normalized spacial score (nSPS) is 15.3. The summed E-state index contributed by atoms with van der Waals surface area (Å²) >= 11 is 0. The number of aromatic nitrogens is 2. The van der Waals surface area contributed by atoms with Crippen LogP contribution in [-0.4, -0.2) is 27.3 Å². The fourth-order valence-corrected chi connectivity index (χ4v) is 5.13. The number of hydrogen-bond donors (Lipinski definition) is 0. The van der Waals surface area contributed by atoms with E-state index in [2.05, 4.69) is 41.1 Å². The number of carbonyl (C=O) groups is 1. The van der Waals surface area contributed by atoms with Crippen molar-refractivity contribution in [2.45, 2.75) is 51.5 Å². The maximum Gasteiger partial charge on any atom is 0.255 e. The number of nitrogens with zero attached hydrogens (tertiary/aromatic N) is 3. The molecule has 0 spiro atoms. The van der Waals surface area contributed by atoms with E-state index in [0.29, 0.717) is 5.56 Å². The van der Waals surface area contributed by atoms with Crippen molar-refractivity contribution in [2.24, 2.45) is 0 Å². The molecule has 2 aromatic carbocycles. The van der Waals surface area contributed by atoms with Gasteiger partial charge in [-0.15, -0.1) is 0 Å². The van der Waals surface area contributed by atoms with Crippen LogP contribution in [0.4, 0.5) is 0 Å². The van der Waals surface area contributed by atoms with E-state index in [4.69, 9.17) is 4.98 Å². The predicted molar refractivity (Wildman–Crippen MR) is 138 cm³/mol. The molecule has 2 aromatic heterocycles. The van der Waals surface area contributed by atoms with Gasteiger partial charge in [-0.25, -0.2) is 4.98 Å². The lowest BCUT2D eigenvalue weighted by molar-refractivity contribution is 0.0649. The second kappa shape index (κ2) is 10.2. The zero-order chi connectivity index (χ0) is 23.3. The van der Waals surface area contributed by atoms with E-state index in [1.165, 1.54) is 30.4 Å². The van der Waals surface area contributed by atoms with Crippen LogP contribution in [0.2, 0.25) is 0 Å². The Morgan fingerprint density at radius 3 is 2.68 bits per heavy atom. The third-order valence-electron chi connectivity index (χ3n) is 6.91. The lowest BCUT2D eigenvalue weighted by Gasteiger charge is -2.38. The van der Waals surface area contributed by atoms with Gasteiger partial charge in [-0.1, -0.05) is 87.2 Å². The standard InChI is InChI=1S/C30H31N3O/c1-2-3-4-8-15-29-24-14-10-9-11-22(24)17-19-33(29)30(34)25-20-28(23-12-6-5-7-13-23)32-27-16-18-31-21-26(25)27/h5-7,9-14,16,18,20-21,29H,2-4,8,15,17,19H2,1H3. The molecule has 4 aromatic rings. The molecule has 4 nitrogen and oxygen atoms in total. The van der Waals surface area contributed by atoms with Gasteiger partial charge in [-0.05, 0) is 36.1 Å². The van der Waals surface area contributed by atoms with Crippen LogP contribution in [0.3, 0.4) is 0 Å². The number of fused-ring (bicyclic) bond motifs is 2. The minimum atomic E-state index is 0.0765. The van der Waals surface area contributed by atoms with Crippen molar-refractivity contribution < 1.29 is 4.79 Å². The summed E-state index contributed by atoms with van der Waals surface area (Å²) in [7, 11) is 0. The highest BCUT2D eigenvalue weighted by atomic mass is 16.2. The highest BCUT2D eigenvalue weighted by Crippen LogP contribution is 2.36. The lowest BCUT2D eigenvalue weighted by Crippen LogP contribution is -2.40. The summed E-state index contributed by atoms with van der Waals surface area (Å²) in [4.78, 5) is 25.4. The van der Waals surface area contributed by atoms with E-state index >= 15 is 0 Å². The first-order valence-electron chi connectivity index (χ1n) is 12.4. The summed E-state index contributed by atoms with van der Waals surface area (Å²) in [6.07, 6.45) is 10.2. The molecule has 0 radical (unpaired) electrons. The Bertz CT molecular complexity index is 1280. The van der Waals surface area contributed by atoms with Gasteiger partial charge in [0.25, 0.3) is 5.91 Å².